The molecule has 0 bridgehead atoms. The topological polar surface area (TPSA) is 237 Å². The lowest BCUT2D eigenvalue weighted by Crippen LogP contribution is -2.30. The lowest BCUT2D eigenvalue weighted by atomic mass is 9.99. The molecule has 6 atom stereocenters. The van der Waals surface area contributed by atoms with Crippen LogP contribution in [-0.2, 0) is 65.4 Å². The van der Waals surface area contributed by atoms with Crippen molar-refractivity contribution in [3.8, 4) is 0 Å². The number of carbonyl (C=O) groups is 4. The maximum atomic E-state index is 13.0. The summed E-state index contributed by atoms with van der Waals surface area (Å²) >= 11 is 0. The monoisotopic (exact) mass is 1310 g/mol. The predicted octanol–water partition coefficient (Wildman–Crippen LogP) is 19.8. The molecule has 0 aliphatic heterocycles. The highest BCUT2D eigenvalue weighted by atomic mass is 31.2. The minimum absolute atomic E-state index is 0.103. The van der Waals surface area contributed by atoms with Gasteiger partial charge in [-0.1, -0.05) is 299 Å². The fourth-order valence-corrected chi connectivity index (χ4v) is 12.1. The van der Waals surface area contributed by atoms with Gasteiger partial charge in [-0.05, 0) is 43.4 Å². The van der Waals surface area contributed by atoms with E-state index in [2.05, 4.69) is 48.5 Å². The summed E-state index contributed by atoms with van der Waals surface area (Å²) in [5, 5.41) is 10.6. The molecule has 3 N–H and O–H groups in total. The second kappa shape index (κ2) is 61.0. The van der Waals surface area contributed by atoms with Crippen LogP contribution in [0.3, 0.4) is 0 Å². The first-order valence-corrected chi connectivity index (χ1v) is 39.4. The highest BCUT2D eigenvalue weighted by Crippen LogP contribution is 2.45. The molecule has 0 saturated carbocycles. The summed E-state index contributed by atoms with van der Waals surface area (Å²) in [7, 11) is -9.90. The fraction of sp³-hybridized carbons (Fsp3) is 0.943. The molecule has 0 aromatic carbocycles. The molecule has 0 aromatic heterocycles. The van der Waals surface area contributed by atoms with Crippen LogP contribution in [0.4, 0.5) is 0 Å². The van der Waals surface area contributed by atoms with Crippen LogP contribution in [0.5, 0.6) is 0 Å². The van der Waals surface area contributed by atoms with Crippen molar-refractivity contribution in [1.29, 1.82) is 0 Å². The number of carbonyl (C=O) groups excluding carboxylic acids is 4. The first-order chi connectivity index (χ1) is 42.8. The molecule has 0 amide bonds. The third kappa shape index (κ3) is 63.2. The molecule has 0 aromatic rings. The molecule has 0 fully saturated rings. The van der Waals surface area contributed by atoms with Gasteiger partial charge in [-0.15, -0.1) is 0 Å². The molecule has 17 nitrogen and oxygen atoms in total. The molecule has 89 heavy (non-hydrogen) atoms. The van der Waals surface area contributed by atoms with E-state index in [0.29, 0.717) is 31.6 Å². The third-order valence-corrected chi connectivity index (χ3v) is 18.4. The third-order valence-electron chi connectivity index (χ3n) is 16.5. The average molecular weight is 1310 g/mol. The number of hydrogen-bond acceptors (Lipinski definition) is 15. The maximum absolute atomic E-state index is 13.0. The van der Waals surface area contributed by atoms with Crippen LogP contribution >= 0.6 is 15.6 Å². The molecular formula is C70H136O17P2. The Kier molecular flexibility index (Phi) is 59.6. The summed E-state index contributed by atoms with van der Waals surface area (Å²) < 4.78 is 68.2. The Labute approximate surface area is 543 Å². The van der Waals surface area contributed by atoms with Crippen molar-refractivity contribution in [3.63, 3.8) is 0 Å². The molecule has 0 heterocycles. The van der Waals surface area contributed by atoms with Gasteiger partial charge in [-0.2, -0.15) is 0 Å². The van der Waals surface area contributed by atoms with Gasteiger partial charge >= 0.3 is 39.5 Å². The minimum atomic E-state index is -4.95. The molecule has 0 spiro atoms. The number of aliphatic hydroxyl groups is 1. The zero-order valence-electron chi connectivity index (χ0n) is 57.9. The van der Waals surface area contributed by atoms with Gasteiger partial charge < -0.3 is 33.8 Å². The molecule has 0 aliphatic rings. The highest BCUT2D eigenvalue weighted by molar-refractivity contribution is 7.47. The second-order valence-corrected chi connectivity index (χ2v) is 29.4. The lowest BCUT2D eigenvalue weighted by Gasteiger charge is -2.21. The SMILES string of the molecule is CCCCCCCCCCCCCCCCCCCC(=O)O[C@H](COC(=O)CCCCCCCCCCC(C)CC)COP(=O)(O)OC[C@@H](O)COP(=O)(O)OC[C@@H](COC(=O)CCCCCCCCC(C)C)OC(=O)CCCCCCCCCCC(C)C. The van der Waals surface area contributed by atoms with Crippen LogP contribution in [0.2, 0.25) is 0 Å². The van der Waals surface area contributed by atoms with Crippen LogP contribution in [0, 0.1) is 17.8 Å². The van der Waals surface area contributed by atoms with Crippen molar-refractivity contribution in [2.24, 2.45) is 17.8 Å². The Morgan fingerprint density at radius 2 is 0.573 bits per heavy atom. The largest absolute Gasteiger partial charge is 0.472 e. The molecule has 3 unspecified atom stereocenters. The van der Waals surface area contributed by atoms with Crippen molar-refractivity contribution < 1.29 is 80.2 Å². The van der Waals surface area contributed by atoms with Gasteiger partial charge in [0.15, 0.2) is 12.2 Å². The summed E-state index contributed by atoms with van der Waals surface area (Å²) in [6.45, 7) is 11.7. The molecule has 0 radical (unpaired) electrons. The number of ether oxygens (including phenoxy) is 4. The average Bonchev–Trinajstić information content (AvgIpc) is 3.56. The van der Waals surface area contributed by atoms with Gasteiger partial charge in [-0.3, -0.25) is 37.3 Å². The van der Waals surface area contributed by atoms with E-state index in [-0.39, 0.29) is 25.7 Å². The van der Waals surface area contributed by atoms with E-state index in [4.69, 9.17) is 37.0 Å². The molecule has 0 rings (SSSR count). The summed E-state index contributed by atoms with van der Waals surface area (Å²) in [5.41, 5.74) is 0. The second-order valence-electron chi connectivity index (χ2n) is 26.5. The first kappa shape index (κ1) is 87.1. The van der Waals surface area contributed by atoms with Gasteiger partial charge in [0, 0.05) is 25.7 Å². The number of aliphatic hydroxyl groups excluding tert-OH is 1. The number of unbranched alkanes of at least 4 members (excludes halogenated alkanes) is 35. The Hall–Kier alpha value is -1.94. The van der Waals surface area contributed by atoms with Crippen LogP contribution < -0.4 is 0 Å². The maximum Gasteiger partial charge on any atom is 0.472 e. The van der Waals surface area contributed by atoms with E-state index in [9.17, 15) is 43.2 Å². The number of esters is 4. The van der Waals surface area contributed by atoms with Crippen LogP contribution in [-0.4, -0.2) is 96.7 Å². The van der Waals surface area contributed by atoms with E-state index in [1.54, 1.807) is 0 Å². The zero-order chi connectivity index (χ0) is 65.9. The molecule has 0 aliphatic carbocycles. The highest BCUT2D eigenvalue weighted by Gasteiger charge is 2.30. The Bertz CT molecular complexity index is 1750. The van der Waals surface area contributed by atoms with Gasteiger partial charge in [0.1, 0.15) is 19.3 Å². The van der Waals surface area contributed by atoms with Crippen LogP contribution in [0.15, 0.2) is 0 Å². The van der Waals surface area contributed by atoms with E-state index >= 15 is 0 Å². The number of phosphoric ester groups is 2. The fourth-order valence-electron chi connectivity index (χ4n) is 10.5. The Morgan fingerprint density at radius 3 is 0.854 bits per heavy atom. The summed E-state index contributed by atoms with van der Waals surface area (Å²) in [5.74, 6) is 0.0452. The van der Waals surface area contributed by atoms with Crippen molar-refractivity contribution in [2.45, 2.75) is 369 Å². The van der Waals surface area contributed by atoms with Crippen molar-refractivity contribution in [1.82, 2.24) is 0 Å². The van der Waals surface area contributed by atoms with Crippen molar-refractivity contribution >= 4 is 39.5 Å². The van der Waals surface area contributed by atoms with Crippen LogP contribution in [0.1, 0.15) is 350 Å². The minimum Gasteiger partial charge on any atom is -0.462 e. The summed E-state index contributed by atoms with van der Waals surface area (Å²) in [6, 6.07) is 0. The van der Waals surface area contributed by atoms with Gasteiger partial charge in [0.05, 0.1) is 26.4 Å². The van der Waals surface area contributed by atoms with E-state index in [1.165, 1.54) is 154 Å². The molecule has 528 valence electrons. The van der Waals surface area contributed by atoms with Gasteiger partial charge in [0.25, 0.3) is 0 Å². The molecule has 0 saturated heterocycles. The van der Waals surface area contributed by atoms with Crippen molar-refractivity contribution in [3.05, 3.63) is 0 Å². The molecule has 19 heteroatoms. The molecular weight excluding hydrogens is 1170 g/mol. The summed E-state index contributed by atoms with van der Waals surface area (Å²) in [6.07, 6.45) is 44.6. The normalized spacial score (nSPS) is 14.5. The first-order valence-electron chi connectivity index (χ1n) is 36.4. The Morgan fingerprint density at radius 1 is 0.326 bits per heavy atom. The lowest BCUT2D eigenvalue weighted by molar-refractivity contribution is -0.161. The van der Waals surface area contributed by atoms with Crippen molar-refractivity contribution in [2.75, 3.05) is 39.6 Å². The number of hydrogen-bond donors (Lipinski definition) is 3. The van der Waals surface area contributed by atoms with E-state index in [1.807, 2.05) is 0 Å². The zero-order valence-corrected chi connectivity index (χ0v) is 59.7. The van der Waals surface area contributed by atoms with E-state index < -0.39 is 97.5 Å². The Balaban J connectivity index is 5.23. The smallest absolute Gasteiger partial charge is 0.462 e. The number of rotatable bonds is 68. The van der Waals surface area contributed by atoms with Gasteiger partial charge in [-0.25, -0.2) is 9.13 Å². The predicted molar refractivity (Wildman–Crippen MR) is 358 cm³/mol. The van der Waals surface area contributed by atoms with Crippen LogP contribution in [0.25, 0.3) is 0 Å². The standard InChI is InChI=1S/C70H136O17P2/c1-8-10-11-12-13-14-15-16-17-18-19-20-21-22-30-39-46-53-69(74)86-65(57-80-67(72)51-44-37-29-26-24-28-36-43-50-63(7)9-2)59-84-88(76,77)82-55-64(71)56-83-89(78,79)85-60-66(58-81-68(73)52-45-38-33-32-35-42-49-62(5)6)87-70(75)54-47-40-31-25-23-27-34-41-48-61(3)4/h61-66,71H,8-60H2,1-7H3,(H,76,77)(H,78,79)/t63?,64-,65-,66-/m1/s1. The summed E-state index contributed by atoms with van der Waals surface area (Å²) in [4.78, 5) is 72.5. The van der Waals surface area contributed by atoms with E-state index in [0.717, 1.165) is 108 Å². The quantitative estimate of drug-likeness (QED) is 0.0222. The van der Waals surface area contributed by atoms with Gasteiger partial charge in [0.2, 0.25) is 0 Å². The number of phosphoric acid groups is 2.